The van der Waals surface area contributed by atoms with Crippen LogP contribution >= 0.6 is 0 Å². The molecule has 0 aliphatic rings. The molecule has 1 N–H and O–H groups in total. The second-order valence-corrected chi connectivity index (χ2v) is 5.34. The highest BCUT2D eigenvalue weighted by Gasteiger charge is 2.34. The van der Waals surface area contributed by atoms with Crippen LogP contribution in [-0.4, -0.2) is 30.4 Å². The van der Waals surface area contributed by atoms with Crippen molar-refractivity contribution in [3.8, 4) is 0 Å². The molecule has 1 aromatic rings. The zero-order valence-corrected chi connectivity index (χ0v) is 10.2. The fourth-order valence-electron chi connectivity index (χ4n) is 1.09. The first-order valence-corrected chi connectivity index (χ1v) is 6.54. The van der Waals surface area contributed by atoms with Crippen molar-refractivity contribution in [2.24, 2.45) is 0 Å². The van der Waals surface area contributed by atoms with E-state index in [-0.39, 0.29) is 0 Å². The highest BCUT2D eigenvalue weighted by molar-refractivity contribution is 7.89. The van der Waals surface area contributed by atoms with E-state index in [0.717, 1.165) is 17.1 Å². The number of aromatic nitrogens is 2. The first-order valence-electron chi connectivity index (χ1n) is 4.64. The molecule has 0 radical (unpaired) electrons. The molecule has 0 aliphatic carbocycles. The van der Waals surface area contributed by atoms with E-state index in [9.17, 15) is 26.4 Å². The number of carbonyl (C=O) groups is 1. The van der Waals surface area contributed by atoms with Gasteiger partial charge in [0.2, 0.25) is 10.0 Å². The van der Waals surface area contributed by atoms with Crippen molar-refractivity contribution >= 4 is 15.9 Å². The van der Waals surface area contributed by atoms with Crippen LogP contribution in [0.1, 0.15) is 18.7 Å². The topological polar surface area (TPSA) is 81.1 Å². The van der Waals surface area contributed by atoms with Gasteiger partial charge in [0.1, 0.15) is 6.04 Å². The van der Waals surface area contributed by atoms with Gasteiger partial charge in [-0.05, 0) is 13.0 Å². The van der Waals surface area contributed by atoms with Gasteiger partial charge in [0, 0.05) is 6.20 Å². The molecule has 0 aromatic carbocycles. The Morgan fingerprint density at radius 2 is 2.06 bits per heavy atom. The third-order valence-corrected chi connectivity index (χ3v) is 2.53. The number of hydrogen-bond donors (Lipinski definition) is 1. The fourth-order valence-corrected chi connectivity index (χ4v) is 1.63. The van der Waals surface area contributed by atoms with E-state index in [1.54, 1.807) is 4.72 Å². The van der Waals surface area contributed by atoms with Crippen LogP contribution in [0.25, 0.3) is 0 Å². The van der Waals surface area contributed by atoms with E-state index < -0.39 is 33.8 Å². The smallest absolute Gasteiger partial charge is 0.272 e. The van der Waals surface area contributed by atoms with E-state index in [4.69, 9.17) is 0 Å². The third kappa shape index (κ3) is 3.72. The quantitative estimate of drug-likeness (QED) is 0.878. The molecule has 0 fully saturated rings. The molecule has 1 amide bonds. The molecule has 6 nitrogen and oxygen atoms in total. The first kappa shape index (κ1) is 14.5. The third-order valence-electron chi connectivity index (χ3n) is 1.96. The predicted octanol–water partition coefficient (Wildman–Crippen LogP) is 0.539. The van der Waals surface area contributed by atoms with Gasteiger partial charge in [0.25, 0.3) is 5.91 Å². The summed E-state index contributed by atoms with van der Waals surface area (Å²) in [7, 11) is -3.76. The van der Waals surface area contributed by atoms with Crippen LogP contribution in [0.15, 0.2) is 12.3 Å². The van der Waals surface area contributed by atoms with Gasteiger partial charge < -0.3 is 0 Å². The highest BCUT2D eigenvalue weighted by Crippen LogP contribution is 2.27. The second-order valence-electron chi connectivity index (χ2n) is 3.59. The average molecular weight is 285 g/mol. The number of amides is 1. The van der Waals surface area contributed by atoms with Crippen LogP contribution in [0.3, 0.4) is 0 Å². The number of hydrogen-bond acceptors (Lipinski definition) is 4. The lowest BCUT2D eigenvalue weighted by molar-refractivity contribution is -0.142. The Hall–Kier alpha value is -1.58. The molecule has 18 heavy (non-hydrogen) atoms. The molecule has 1 aromatic heterocycles. The number of nitrogens with zero attached hydrogens (tertiary/aromatic N) is 2. The van der Waals surface area contributed by atoms with E-state index in [0.29, 0.717) is 6.07 Å². The molecule has 0 aliphatic heterocycles. The number of carbonyl (C=O) groups excluding carboxylic acids is 1. The monoisotopic (exact) mass is 285 g/mol. The van der Waals surface area contributed by atoms with Gasteiger partial charge in [-0.1, -0.05) is 0 Å². The largest absolute Gasteiger partial charge is 0.435 e. The van der Waals surface area contributed by atoms with Crippen molar-refractivity contribution in [2.75, 3.05) is 6.26 Å². The van der Waals surface area contributed by atoms with Crippen LogP contribution in [0, 0.1) is 0 Å². The summed E-state index contributed by atoms with van der Waals surface area (Å²) in [6.45, 7) is 1.23. The molecule has 0 bridgehead atoms. The van der Waals surface area contributed by atoms with Gasteiger partial charge in [-0.2, -0.15) is 18.3 Å². The average Bonchev–Trinajstić information content (AvgIpc) is 2.61. The van der Waals surface area contributed by atoms with E-state index in [2.05, 4.69) is 5.10 Å². The lowest BCUT2D eigenvalue weighted by atomic mass is 10.3. The maximum Gasteiger partial charge on any atom is 0.435 e. The predicted molar refractivity (Wildman–Crippen MR) is 54.9 cm³/mol. The van der Waals surface area contributed by atoms with Crippen LogP contribution in [0.5, 0.6) is 0 Å². The number of rotatable bonds is 3. The lowest BCUT2D eigenvalue weighted by Crippen LogP contribution is -2.35. The van der Waals surface area contributed by atoms with Gasteiger partial charge in [-0.25, -0.2) is 8.42 Å². The molecule has 1 heterocycles. The van der Waals surface area contributed by atoms with Gasteiger partial charge in [-0.3, -0.25) is 14.2 Å². The maximum absolute atomic E-state index is 12.3. The lowest BCUT2D eigenvalue weighted by Gasteiger charge is -2.11. The van der Waals surface area contributed by atoms with Gasteiger partial charge in [0.05, 0.1) is 6.26 Å². The van der Waals surface area contributed by atoms with Crippen molar-refractivity contribution < 1.29 is 26.4 Å². The Morgan fingerprint density at radius 3 is 2.44 bits per heavy atom. The van der Waals surface area contributed by atoms with Gasteiger partial charge >= 0.3 is 6.18 Å². The SMILES string of the molecule is CC(C(=O)NS(C)(=O)=O)n1ccc(C(F)(F)F)n1. The Balaban J connectivity index is 2.88. The van der Waals surface area contributed by atoms with E-state index >= 15 is 0 Å². The zero-order valence-electron chi connectivity index (χ0n) is 9.39. The van der Waals surface area contributed by atoms with Crippen molar-refractivity contribution in [1.29, 1.82) is 0 Å². The number of halogens is 3. The minimum Gasteiger partial charge on any atom is -0.272 e. The summed E-state index contributed by atoms with van der Waals surface area (Å²) >= 11 is 0. The maximum atomic E-state index is 12.3. The van der Waals surface area contributed by atoms with Crippen LogP contribution in [-0.2, 0) is 21.0 Å². The molecule has 10 heteroatoms. The molecule has 0 saturated heterocycles. The first-order chi connectivity index (χ1) is 8.00. The summed E-state index contributed by atoms with van der Waals surface area (Å²) in [5.74, 6) is -0.964. The Bertz CT molecular complexity index is 549. The standard InChI is InChI=1S/C8H10F3N3O3S/c1-5(7(15)13-18(2,16)17)14-4-3-6(12-14)8(9,10)11/h3-5H,1-2H3,(H,13,15). The number of alkyl halides is 3. The fraction of sp³-hybridized carbons (Fsp3) is 0.500. The van der Waals surface area contributed by atoms with Gasteiger partial charge in [-0.15, -0.1) is 0 Å². The Kier molecular flexibility index (Phi) is 3.70. The minimum atomic E-state index is -4.61. The summed E-state index contributed by atoms with van der Waals surface area (Å²) < 4.78 is 60.8. The molecule has 1 atom stereocenters. The van der Waals surface area contributed by atoms with Crippen LogP contribution < -0.4 is 4.72 Å². The Labute approximate surface area is 101 Å². The number of nitrogens with one attached hydrogen (secondary N) is 1. The van der Waals surface area contributed by atoms with Gasteiger partial charge in [0.15, 0.2) is 5.69 Å². The second kappa shape index (κ2) is 4.59. The molecule has 0 spiro atoms. The summed E-state index contributed by atoms with van der Waals surface area (Å²) in [5.41, 5.74) is -1.15. The van der Waals surface area contributed by atoms with E-state index in [1.807, 2.05) is 0 Å². The molecular weight excluding hydrogens is 275 g/mol. The summed E-state index contributed by atoms with van der Waals surface area (Å²) in [6, 6.07) is -0.472. The van der Waals surface area contributed by atoms with Crippen LogP contribution in [0.4, 0.5) is 13.2 Å². The minimum absolute atomic E-state index is 0.699. The summed E-state index contributed by atoms with van der Waals surface area (Å²) in [4.78, 5) is 11.4. The molecule has 102 valence electrons. The summed E-state index contributed by atoms with van der Waals surface area (Å²) in [5, 5.41) is 3.17. The van der Waals surface area contributed by atoms with Crippen molar-refractivity contribution in [2.45, 2.75) is 19.1 Å². The molecular formula is C8H10F3N3O3S. The van der Waals surface area contributed by atoms with Crippen molar-refractivity contribution in [3.05, 3.63) is 18.0 Å². The van der Waals surface area contributed by atoms with E-state index in [1.165, 1.54) is 6.92 Å². The van der Waals surface area contributed by atoms with Crippen LogP contribution in [0.2, 0.25) is 0 Å². The van der Waals surface area contributed by atoms with Crippen molar-refractivity contribution in [1.82, 2.24) is 14.5 Å². The number of sulfonamides is 1. The molecule has 1 unspecified atom stereocenters. The normalized spacial score (nSPS) is 14.3. The molecule has 0 saturated carbocycles. The summed E-state index contributed by atoms with van der Waals surface area (Å²) in [6.07, 6.45) is -2.89. The molecule has 1 rings (SSSR count). The Morgan fingerprint density at radius 1 is 1.50 bits per heavy atom. The highest BCUT2D eigenvalue weighted by atomic mass is 32.2. The zero-order chi connectivity index (χ0) is 14.1. The van der Waals surface area contributed by atoms with Crippen molar-refractivity contribution in [3.63, 3.8) is 0 Å².